The lowest BCUT2D eigenvalue weighted by atomic mass is 9.82. The third-order valence-corrected chi connectivity index (χ3v) is 5.62. The van der Waals surface area contributed by atoms with E-state index in [9.17, 15) is 10.5 Å². The van der Waals surface area contributed by atoms with E-state index >= 15 is 0 Å². The summed E-state index contributed by atoms with van der Waals surface area (Å²) in [5.74, 6) is -1.21. The first-order chi connectivity index (χ1) is 10.5. The highest BCUT2D eigenvalue weighted by atomic mass is 16.8. The van der Waals surface area contributed by atoms with E-state index in [0.717, 1.165) is 25.7 Å². The van der Waals surface area contributed by atoms with E-state index < -0.39 is 22.2 Å². The topological polar surface area (TPSA) is 104 Å². The SMILES string of the molecule is CCCC1(CCC)[C@]2(C#N)[C@@]3(N=C(N)[C@]12C#N)OC[C@H](C)O3. The van der Waals surface area contributed by atoms with Crippen molar-refractivity contribution in [1.29, 1.82) is 10.5 Å². The summed E-state index contributed by atoms with van der Waals surface area (Å²) in [5.41, 5.74) is 3.41. The van der Waals surface area contributed by atoms with E-state index in [4.69, 9.17) is 15.2 Å². The fraction of sp³-hybridized carbons (Fsp3) is 0.812. The van der Waals surface area contributed by atoms with Gasteiger partial charge < -0.3 is 15.2 Å². The number of rotatable bonds is 4. The van der Waals surface area contributed by atoms with Crippen LogP contribution < -0.4 is 5.73 Å². The molecule has 2 heterocycles. The molecule has 1 spiro atoms. The molecule has 118 valence electrons. The summed E-state index contributed by atoms with van der Waals surface area (Å²) in [5, 5.41) is 20.1. The number of nitrogens with two attached hydrogens (primary N) is 1. The van der Waals surface area contributed by atoms with Crippen molar-refractivity contribution in [2.75, 3.05) is 6.61 Å². The highest BCUT2D eigenvalue weighted by Crippen LogP contribution is 2.88. The number of fused-ring (bicyclic) bond motifs is 2. The van der Waals surface area contributed by atoms with Crippen molar-refractivity contribution in [3.05, 3.63) is 0 Å². The zero-order valence-electron chi connectivity index (χ0n) is 13.3. The van der Waals surface area contributed by atoms with Crippen molar-refractivity contribution >= 4 is 5.84 Å². The van der Waals surface area contributed by atoms with E-state index in [2.05, 4.69) is 31.0 Å². The van der Waals surface area contributed by atoms with Gasteiger partial charge in [-0.25, -0.2) is 4.99 Å². The van der Waals surface area contributed by atoms with Gasteiger partial charge >= 0.3 is 0 Å². The Hall–Kier alpha value is -1.63. The van der Waals surface area contributed by atoms with Gasteiger partial charge in [-0.2, -0.15) is 10.5 Å². The lowest BCUT2D eigenvalue weighted by Gasteiger charge is -2.31. The highest BCUT2D eigenvalue weighted by molar-refractivity contribution is 6.00. The van der Waals surface area contributed by atoms with E-state index in [1.54, 1.807) is 0 Å². The standard InChI is InChI=1S/C16H22N4O2/c1-4-6-13(7-5-2)14(9-17)12(19)20-16(15(13,14)10-18)21-8-11(3)22-16/h11H,4-8H2,1-3H3,(H2,19,20)/t11-,14+,15-,16+/m0/s1. The average molecular weight is 302 g/mol. The maximum absolute atomic E-state index is 10.1. The molecule has 6 heteroatoms. The number of nitriles is 2. The fourth-order valence-corrected chi connectivity index (χ4v) is 5.06. The van der Waals surface area contributed by atoms with Crippen molar-refractivity contribution < 1.29 is 9.47 Å². The molecular weight excluding hydrogens is 280 g/mol. The van der Waals surface area contributed by atoms with E-state index in [-0.39, 0.29) is 11.9 Å². The Morgan fingerprint density at radius 3 is 2.32 bits per heavy atom. The molecule has 1 saturated heterocycles. The van der Waals surface area contributed by atoms with Gasteiger partial charge in [0.05, 0.1) is 24.8 Å². The molecule has 0 aromatic carbocycles. The van der Waals surface area contributed by atoms with Crippen molar-refractivity contribution in [3.63, 3.8) is 0 Å². The Morgan fingerprint density at radius 2 is 1.91 bits per heavy atom. The van der Waals surface area contributed by atoms with Crippen LogP contribution >= 0.6 is 0 Å². The third kappa shape index (κ3) is 1.19. The van der Waals surface area contributed by atoms with Crippen molar-refractivity contribution in [2.24, 2.45) is 27.0 Å². The van der Waals surface area contributed by atoms with E-state index in [1.165, 1.54) is 0 Å². The van der Waals surface area contributed by atoms with Gasteiger partial charge in [0, 0.05) is 5.41 Å². The minimum Gasteiger partial charge on any atom is -0.386 e. The Balaban J connectivity index is 2.22. The van der Waals surface area contributed by atoms with Crippen LogP contribution in [0.3, 0.4) is 0 Å². The van der Waals surface area contributed by atoms with Crippen LogP contribution in [0.2, 0.25) is 0 Å². The molecule has 0 bridgehead atoms. The number of hydrogen-bond donors (Lipinski definition) is 1. The van der Waals surface area contributed by atoms with Crippen LogP contribution in [-0.4, -0.2) is 24.5 Å². The summed E-state index contributed by atoms with van der Waals surface area (Å²) in [6.45, 7) is 6.35. The minimum absolute atomic E-state index is 0.169. The first-order valence-electron chi connectivity index (χ1n) is 7.97. The Kier molecular flexibility index (Phi) is 3.08. The van der Waals surface area contributed by atoms with Gasteiger partial charge in [-0.05, 0) is 19.8 Å². The van der Waals surface area contributed by atoms with Crippen LogP contribution in [0.5, 0.6) is 0 Å². The second-order valence-corrected chi connectivity index (χ2v) is 6.62. The molecule has 2 N–H and O–H groups in total. The van der Waals surface area contributed by atoms with Gasteiger partial charge in [0.25, 0.3) is 5.91 Å². The monoisotopic (exact) mass is 302 g/mol. The minimum atomic E-state index is -1.41. The normalized spacial score (nSPS) is 44.2. The summed E-state index contributed by atoms with van der Waals surface area (Å²) in [4.78, 5) is 4.35. The maximum Gasteiger partial charge on any atom is 0.293 e. The Morgan fingerprint density at radius 1 is 1.27 bits per heavy atom. The lowest BCUT2D eigenvalue weighted by Crippen LogP contribution is -2.42. The zero-order valence-corrected chi connectivity index (χ0v) is 13.3. The van der Waals surface area contributed by atoms with Crippen molar-refractivity contribution in [3.8, 4) is 12.1 Å². The lowest BCUT2D eigenvalue weighted by molar-refractivity contribution is -0.201. The average Bonchev–Trinajstić information content (AvgIpc) is 2.67. The van der Waals surface area contributed by atoms with Crippen LogP contribution in [0.15, 0.2) is 4.99 Å². The summed E-state index contributed by atoms with van der Waals surface area (Å²) in [6.07, 6.45) is 3.04. The van der Waals surface area contributed by atoms with Crippen LogP contribution in [0.4, 0.5) is 0 Å². The predicted molar refractivity (Wildman–Crippen MR) is 79.2 cm³/mol. The third-order valence-electron chi connectivity index (χ3n) is 5.62. The van der Waals surface area contributed by atoms with Crippen molar-refractivity contribution in [1.82, 2.24) is 0 Å². The Bertz CT molecular complexity index is 613. The smallest absolute Gasteiger partial charge is 0.293 e. The molecule has 1 saturated carbocycles. The second-order valence-electron chi connectivity index (χ2n) is 6.62. The van der Waals surface area contributed by atoms with Crippen LogP contribution in [-0.2, 0) is 9.47 Å². The van der Waals surface area contributed by atoms with Gasteiger partial charge in [-0.1, -0.05) is 26.7 Å². The van der Waals surface area contributed by atoms with Gasteiger partial charge in [0.15, 0.2) is 5.41 Å². The largest absolute Gasteiger partial charge is 0.386 e. The molecule has 22 heavy (non-hydrogen) atoms. The first-order valence-corrected chi connectivity index (χ1v) is 7.97. The van der Waals surface area contributed by atoms with Gasteiger partial charge in [-0.3, -0.25) is 0 Å². The molecule has 2 aliphatic heterocycles. The summed E-state index contributed by atoms with van der Waals surface area (Å²) in [7, 11) is 0. The molecule has 2 fully saturated rings. The number of nitrogens with zero attached hydrogens (tertiary/aromatic N) is 3. The summed E-state index contributed by atoms with van der Waals surface area (Å²) in [6, 6.07) is 4.73. The number of hydrogen-bond acceptors (Lipinski definition) is 6. The van der Waals surface area contributed by atoms with Crippen molar-refractivity contribution in [2.45, 2.75) is 58.5 Å². The molecule has 0 unspecified atom stereocenters. The van der Waals surface area contributed by atoms with Gasteiger partial charge in [-0.15, -0.1) is 0 Å². The number of amidine groups is 1. The highest BCUT2D eigenvalue weighted by Gasteiger charge is 3.00. The predicted octanol–water partition coefficient (Wildman–Crippen LogP) is 2.07. The molecule has 3 aliphatic rings. The van der Waals surface area contributed by atoms with Crippen LogP contribution in [0.25, 0.3) is 0 Å². The molecule has 0 aromatic heterocycles. The first kappa shape index (κ1) is 15.3. The number of aliphatic imine (C=N–C) groups is 1. The van der Waals surface area contributed by atoms with Gasteiger partial charge in [0.1, 0.15) is 11.3 Å². The fourth-order valence-electron chi connectivity index (χ4n) is 5.06. The number of ether oxygens (including phenoxy) is 2. The van der Waals surface area contributed by atoms with Crippen LogP contribution in [0.1, 0.15) is 46.5 Å². The Labute approximate surface area is 130 Å². The van der Waals surface area contributed by atoms with E-state index in [1.807, 2.05) is 6.92 Å². The molecule has 0 amide bonds. The molecule has 0 aromatic rings. The quantitative estimate of drug-likeness (QED) is 0.856. The summed E-state index contributed by atoms with van der Waals surface area (Å²) < 4.78 is 11.8. The van der Waals surface area contributed by atoms with Gasteiger partial charge in [0.2, 0.25) is 0 Å². The second kappa shape index (κ2) is 4.44. The summed E-state index contributed by atoms with van der Waals surface area (Å²) >= 11 is 0. The molecular formula is C16H22N4O2. The van der Waals surface area contributed by atoms with Crippen LogP contribution in [0, 0.1) is 38.9 Å². The molecule has 4 atom stereocenters. The van der Waals surface area contributed by atoms with E-state index in [0.29, 0.717) is 6.61 Å². The zero-order chi connectivity index (χ0) is 16.2. The maximum atomic E-state index is 10.1. The molecule has 0 radical (unpaired) electrons. The molecule has 1 aliphatic carbocycles. The molecule has 3 rings (SSSR count). The molecule has 6 nitrogen and oxygen atoms in total.